The molecule has 74 valence electrons. The van der Waals surface area contributed by atoms with Crippen molar-refractivity contribution in [2.24, 2.45) is 5.73 Å². The summed E-state index contributed by atoms with van der Waals surface area (Å²) < 4.78 is 0. The first-order valence-corrected chi connectivity index (χ1v) is 5.24. The highest BCUT2D eigenvalue weighted by Crippen LogP contribution is 2.23. The highest BCUT2D eigenvalue weighted by Gasteiger charge is 2.10. The first-order chi connectivity index (χ1) is 6.83. The molecule has 0 saturated heterocycles. The first kappa shape index (κ1) is 9.23. The zero-order valence-corrected chi connectivity index (χ0v) is 8.36. The molecule has 2 heterocycles. The Morgan fingerprint density at radius 2 is 2.29 bits per heavy atom. The Labute approximate surface area is 84.8 Å². The molecule has 2 aromatic heterocycles. The topological polar surface area (TPSA) is 74.7 Å². The number of hydrogen-bond donors (Lipinski definition) is 3. The van der Waals surface area contributed by atoms with Crippen molar-refractivity contribution in [1.82, 2.24) is 10.2 Å². The van der Waals surface area contributed by atoms with Gasteiger partial charge in [-0.05, 0) is 24.4 Å². The summed E-state index contributed by atoms with van der Waals surface area (Å²) in [4.78, 5) is 12.4. The molecule has 0 atom stereocenters. The van der Waals surface area contributed by atoms with E-state index in [1.165, 1.54) is 0 Å². The molecule has 0 saturated carbocycles. The molecule has 0 unspecified atom stereocenters. The van der Waals surface area contributed by atoms with Crippen molar-refractivity contribution in [1.29, 1.82) is 0 Å². The van der Waals surface area contributed by atoms with Crippen LogP contribution in [0.5, 0.6) is 0 Å². The van der Waals surface area contributed by atoms with E-state index in [-0.39, 0.29) is 5.56 Å². The molecule has 0 aliphatic heterocycles. The van der Waals surface area contributed by atoms with E-state index >= 15 is 0 Å². The predicted molar refractivity (Wildman–Crippen MR) is 57.5 cm³/mol. The first-order valence-electron chi connectivity index (χ1n) is 4.36. The molecule has 2 rings (SSSR count). The SMILES string of the molecule is NCCc1c(-c2cccs2)[nH][nH]c1=O. The van der Waals surface area contributed by atoms with Gasteiger partial charge in [0.2, 0.25) is 0 Å². The number of thiophene rings is 1. The van der Waals surface area contributed by atoms with Crippen molar-refractivity contribution in [3.05, 3.63) is 33.4 Å². The largest absolute Gasteiger partial charge is 0.330 e. The van der Waals surface area contributed by atoms with Gasteiger partial charge in [-0.1, -0.05) is 6.07 Å². The number of H-pyrrole nitrogens is 2. The van der Waals surface area contributed by atoms with Gasteiger partial charge in [0.1, 0.15) is 0 Å². The fraction of sp³-hybridized carbons (Fsp3) is 0.222. The maximum Gasteiger partial charge on any atom is 0.267 e. The van der Waals surface area contributed by atoms with Gasteiger partial charge in [-0.3, -0.25) is 15.0 Å². The number of aromatic nitrogens is 2. The maximum atomic E-state index is 11.4. The van der Waals surface area contributed by atoms with Crippen molar-refractivity contribution in [3.63, 3.8) is 0 Å². The number of aromatic amines is 2. The minimum absolute atomic E-state index is 0.0705. The molecule has 5 heteroatoms. The summed E-state index contributed by atoms with van der Waals surface area (Å²) in [7, 11) is 0. The standard InChI is InChI=1S/C9H11N3OS/c10-4-3-6-8(11-12-9(6)13)7-2-1-5-14-7/h1-2,5H,3-4,10H2,(H2,11,12,13). The Hall–Kier alpha value is -1.33. The quantitative estimate of drug-likeness (QED) is 0.703. The average Bonchev–Trinajstić information content (AvgIpc) is 2.77. The van der Waals surface area contributed by atoms with Crippen molar-refractivity contribution in [2.75, 3.05) is 6.54 Å². The molecule has 0 bridgehead atoms. The summed E-state index contributed by atoms with van der Waals surface area (Å²) in [6, 6.07) is 3.93. The van der Waals surface area contributed by atoms with Crippen LogP contribution < -0.4 is 11.3 Å². The molecule has 0 spiro atoms. The van der Waals surface area contributed by atoms with Gasteiger partial charge in [-0.2, -0.15) is 0 Å². The molecule has 0 fully saturated rings. The van der Waals surface area contributed by atoms with Gasteiger partial charge in [0.15, 0.2) is 0 Å². The second kappa shape index (κ2) is 3.81. The average molecular weight is 209 g/mol. The predicted octanol–water partition coefficient (Wildman–Crippen LogP) is 0.933. The third-order valence-electron chi connectivity index (χ3n) is 2.04. The number of nitrogens with one attached hydrogen (secondary N) is 2. The fourth-order valence-corrected chi connectivity index (χ4v) is 2.15. The summed E-state index contributed by atoms with van der Waals surface area (Å²) >= 11 is 1.60. The zero-order chi connectivity index (χ0) is 9.97. The summed E-state index contributed by atoms with van der Waals surface area (Å²) in [5, 5.41) is 7.44. The lowest BCUT2D eigenvalue weighted by Gasteiger charge is -1.96. The molecular weight excluding hydrogens is 198 g/mol. The molecular formula is C9H11N3OS. The smallest absolute Gasteiger partial charge is 0.267 e. The molecule has 0 aliphatic rings. The summed E-state index contributed by atoms with van der Waals surface area (Å²) in [6.45, 7) is 0.485. The Bertz CT molecular complexity index is 455. The van der Waals surface area contributed by atoms with Gasteiger partial charge in [0, 0.05) is 5.56 Å². The van der Waals surface area contributed by atoms with E-state index in [9.17, 15) is 4.79 Å². The number of nitrogens with two attached hydrogens (primary N) is 1. The van der Waals surface area contributed by atoms with Crippen LogP contribution in [-0.4, -0.2) is 16.7 Å². The Balaban J connectivity index is 2.48. The number of hydrogen-bond acceptors (Lipinski definition) is 3. The fourth-order valence-electron chi connectivity index (χ4n) is 1.40. The molecule has 2 aromatic rings. The van der Waals surface area contributed by atoms with Crippen LogP contribution in [0.25, 0.3) is 10.6 Å². The van der Waals surface area contributed by atoms with E-state index in [0.717, 1.165) is 16.1 Å². The van der Waals surface area contributed by atoms with Crippen LogP contribution >= 0.6 is 11.3 Å². The van der Waals surface area contributed by atoms with Gasteiger partial charge in [0.05, 0.1) is 10.6 Å². The van der Waals surface area contributed by atoms with Crippen molar-refractivity contribution in [3.8, 4) is 10.6 Å². The molecule has 0 radical (unpaired) electrons. The lowest BCUT2D eigenvalue weighted by Crippen LogP contribution is -2.11. The summed E-state index contributed by atoms with van der Waals surface area (Å²) in [6.07, 6.45) is 0.603. The van der Waals surface area contributed by atoms with Crippen molar-refractivity contribution >= 4 is 11.3 Å². The lowest BCUT2D eigenvalue weighted by atomic mass is 10.1. The third kappa shape index (κ3) is 1.51. The van der Waals surface area contributed by atoms with E-state index in [1.807, 2.05) is 17.5 Å². The van der Waals surface area contributed by atoms with Gasteiger partial charge in [0.25, 0.3) is 5.56 Å². The van der Waals surface area contributed by atoms with Crippen LogP contribution in [0.1, 0.15) is 5.56 Å². The van der Waals surface area contributed by atoms with Crippen LogP contribution in [0.3, 0.4) is 0 Å². The Kier molecular flexibility index (Phi) is 2.51. The van der Waals surface area contributed by atoms with Gasteiger partial charge in [-0.25, -0.2) is 0 Å². The summed E-state index contributed by atoms with van der Waals surface area (Å²) in [5.41, 5.74) is 6.99. The molecule has 0 aliphatic carbocycles. The second-order valence-electron chi connectivity index (χ2n) is 2.95. The van der Waals surface area contributed by atoms with Gasteiger partial charge in [-0.15, -0.1) is 11.3 Å². The lowest BCUT2D eigenvalue weighted by molar-refractivity contribution is 0.960. The normalized spacial score (nSPS) is 10.6. The molecule has 14 heavy (non-hydrogen) atoms. The molecule has 4 nitrogen and oxygen atoms in total. The van der Waals surface area contributed by atoms with E-state index in [4.69, 9.17) is 5.73 Å². The van der Waals surface area contributed by atoms with Crippen LogP contribution in [0, 0.1) is 0 Å². The Morgan fingerprint density at radius 3 is 2.93 bits per heavy atom. The van der Waals surface area contributed by atoms with Crippen LogP contribution in [0.2, 0.25) is 0 Å². The third-order valence-corrected chi connectivity index (χ3v) is 2.93. The second-order valence-corrected chi connectivity index (χ2v) is 3.90. The highest BCUT2D eigenvalue weighted by atomic mass is 32.1. The van der Waals surface area contributed by atoms with Gasteiger partial charge < -0.3 is 5.73 Å². The van der Waals surface area contributed by atoms with E-state index < -0.39 is 0 Å². The van der Waals surface area contributed by atoms with Crippen LogP contribution in [-0.2, 0) is 6.42 Å². The van der Waals surface area contributed by atoms with Crippen LogP contribution in [0.15, 0.2) is 22.3 Å². The Morgan fingerprint density at radius 1 is 1.43 bits per heavy atom. The number of rotatable bonds is 3. The maximum absolute atomic E-state index is 11.4. The molecule has 0 aromatic carbocycles. The van der Waals surface area contributed by atoms with E-state index in [1.54, 1.807) is 11.3 Å². The van der Waals surface area contributed by atoms with E-state index in [2.05, 4.69) is 10.2 Å². The zero-order valence-electron chi connectivity index (χ0n) is 7.54. The van der Waals surface area contributed by atoms with Gasteiger partial charge >= 0.3 is 0 Å². The van der Waals surface area contributed by atoms with Crippen molar-refractivity contribution < 1.29 is 0 Å². The molecule has 0 amide bonds. The monoisotopic (exact) mass is 209 g/mol. The molecule has 4 N–H and O–H groups in total. The van der Waals surface area contributed by atoms with Crippen molar-refractivity contribution in [2.45, 2.75) is 6.42 Å². The minimum Gasteiger partial charge on any atom is -0.330 e. The minimum atomic E-state index is -0.0705. The summed E-state index contributed by atoms with van der Waals surface area (Å²) in [5.74, 6) is 0. The van der Waals surface area contributed by atoms with Crippen LogP contribution in [0.4, 0.5) is 0 Å². The highest BCUT2D eigenvalue weighted by molar-refractivity contribution is 7.13. The van der Waals surface area contributed by atoms with E-state index in [0.29, 0.717) is 13.0 Å².